The van der Waals surface area contributed by atoms with Crippen molar-refractivity contribution < 1.29 is 4.79 Å². The Kier molecular flexibility index (Phi) is 8.42. The maximum atomic E-state index is 11.6. The molecule has 1 aliphatic heterocycles. The highest BCUT2D eigenvalue weighted by atomic mass is 127. The number of nitrogens with zero attached hydrogens (tertiary/aromatic N) is 5. The lowest BCUT2D eigenvalue weighted by atomic mass is 10.1. The summed E-state index contributed by atoms with van der Waals surface area (Å²) in [6.07, 6.45) is 3.54. The van der Waals surface area contributed by atoms with Gasteiger partial charge in [0.15, 0.2) is 5.96 Å². The number of aliphatic imine (C=N–C) groups is 1. The minimum Gasteiger partial charge on any atom is -0.355 e. The Hall–Kier alpha value is -2.43. The summed E-state index contributed by atoms with van der Waals surface area (Å²) in [6, 6.07) is 9.40. The number of nitrogens with one attached hydrogen (secondary N) is 2. The fourth-order valence-corrected chi connectivity index (χ4v) is 3.00. The molecule has 1 saturated heterocycles. The molecule has 1 amide bonds. The van der Waals surface area contributed by atoms with Crippen molar-refractivity contribution >= 4 is 41.8 Å². The highest BCUT2D eigenvalue weighted by Gasteiger charge is 2.20. The third-order valence-electron chi connectivity index (χ3n) is 4.52. The van der Waals surface area contributed by atoms with Gasteiger partial charge in [0.25, 0.3) is 5.91 Å². The Balaban J connectivity index is 0.00000280. The van der Waals surface area contributed by atoms with Gasteiger partial charge in [-0.15, -0.1) is 24.0 Å². The Morgan fingerprint density at radius 1 is 1.11 bits per heavy atom. The number of halogens is 1. The zero-order chi connectivity index (χ0) is 19.1. The summed E-state index contributed by atoms with van der Waals surface area (Å²) in [6.45, 7) is 4.07. The minimum atomic E-state index is -0.0782. The fraction of sp³-hybridized carbons (Fsp3) is 0.368. The first-order valence-electron chi connectivity index (χ1n) is 9.00. The molecular weight excluding hydrogens is 469 g/mol. The zero-order valence-corrected chi connectivity index (χ0v) is 18.5. The van der Waals surface area contributed by atoms with Crippen LogP contribution in [-0.2, 0) is 6.54 Å². The lowest BCUT2D eigenvalue weighted by Gasteiger charge is -2.36. The Morgan fingerprint density at radius 3 is 2.32 bits per heavy atom. The van der Waals surface area contributed by atoms with Crippen molar-refractivity contribution in [3.05, 3.63) is 53.9 Å². The molecule has 0 saturated carbocycles. The van der Waals surface area contributed by atoms with Gasteiger partial charge in [0, 0.05) is 64.8 Å². The van der Waals surface area contributed by atoms with Crippen LogP contribution in [0.1, 0.15) is 15.9 Å². The van der Waals surface area contributed by atoms with Crippen LogP contribution in [0.15, 0.2) is 47.7 Å². The first-order valence-corrected chi connectivity index (χ1v) is 9.00. The number of piperazine rings is 1. The summed E-state index contributed by atoms with van der Waals surface area (Å²) in [4.78, 5) is 29.1. The molecule has 150 valence electrons. The van der Waals surface area contributed by atoms with Crippen LogP contribution in [0.4, 0.5) is 5.95 Å². The number of hydrogen-bond acceptors (Lipinski definition) is 5. The SMILES string of the molecule is CN=C(NCc1ccc(C(=O)NC)cc1)N1CCN(c2ncccn2)CC1.I. The van der Waals surface area contributed by atoms with Crippen molar-refractivity contribution in [2.45, 2.75) is 6.54 Å². The Bertz CT molecular complexity index is 775. The van der Waals surface area contributed by atoms with Crippen LogP contribution in [0.3, 0.4) is 0 Å². The standard InChI is InChI=1S/C19H25N7O.HI/c1-20-17(27)16-6-4-15(5-7-16)14-24-18(21-2)25-10-12-26(13-11-25)19-22-8-3-9-23-19;/h3-9H,10-14H2,1-2H3,(H,20,27)(H,21,24);1H. The molecule has 2 aromatic rings. The van der Waals surface area contributed by atoms with Crippen LogP contribution < -0.4 is 15.5 Å². The van der Waals surface area contributed by atoms with Gasteiger partial charge in [-0.2, -0.15) is 0 Å². The van der Waals surface area contributed by atoms with Crippen LogP contribution in [-0.4, -0.2) is 67.0 Å². The van der Waals surface area contributed by atoms with Gasteiger partial charge in [0.1, 0.15) is 0 Å². The van der Waals surface area contributed by atoms with Crippen LogP contribution in [0.5, 0.6) is 0 Å². The van der Waals surface area contributed by atoms with Crippen molar-refractivity contribution in [2.24, 2.45) is 4.99 Å². The molecule has 0 spiro atoms. The third kappa shape index (κ3) is 5.54. The van der Waals surface area contributed by atoms with Crippen molar-refractivity contribution in [2.75, 3.05) is 45.2 Å². The first-order chi connectivity index (χ1) is 13.2. The molecular formula is C19H26IN7O. The predicted octanol–water partition coefficient (Wildman–Crippen LogP) is 1.35. The van der Waals surface area contributed by atoms with Crippen molar-refractivity contribution in [3.63, 3.8) is 0 Å². The molecule has 0 atom stereocenters. The zero-order valence-electron chi connectivity index (χ0n) is 16.1. The largest absolute Gasteiger partial charge is 0.355 e. The molecule has 0 radical (unpaired) electrons. The van der Waals surface area contributed by atoms with Gasteiger partial charge in [-0.3, -0.25) is 9.79 Å². The number of anilines is 1. The van der Waals surface area contributed by atoms with Crippen molar-refractivity contribution in [1.29, 1.82) is 0 Å². The van der Waals surface area contributed by atoms with E-state index in [2.05, 4.69) is 35.4 Å². The van der Waals surface area contributed by atoms with E-state index in [9.17, 15) is 4.79 Å². The summed E-state index contributed by atoms with van der Waals surface area (Å²) in [5.74, 6) is 1.57. The van der Waals surface area contributed by atoms with E-state index in [0.717, 1.165) is 43.7 Å². The Labute approximate surface area is 182 Å². The van der Waals surface area contributed by atoms with Gasteiger partial charge in [-0.25, -0.2) is 9.97 Å². The quantitative estimate of drug-likeness (QED) is 0.379. The highest BCUT2D eigenvalue weighted by Crippen LogP contribution is 2.10. The van der Waals surface area contributed by atoms with E-state index in [0.29, 0.717) is 12.1 Å². The summed E-state index contributed by atoms with van der Waals surface area (Å²) in [5, 5.41) is 6.02. The van der Waals surface area contributed by atoms with Crippen LogP contribution in [0.2, 0.25) is 0 Å². The van der Waals surface area contributed by atoms with Crippen LogP contribution in [0.25, 0.3) is 0 Å². The highest BCUT2D eigenvalue weighted by molar-refractivity contribution is 14.0. The maximum absolute atomic E-state index is 11.6. The smallest absolute Gasteiger partial charge is 0.251 e. The third-order valence-corrected chi connectivity index (χ3v) is 4.52. The topological polar surface area (TPSA) is 85.8 Å². The summed E-state index contributed by atoms with van der Waals surface area (Å²) in [7, 11) is 3.43. The first kappa shape index (κ1) is 21.9. The van der Waals surface area contributed by atoms with E-state index < -0.39 is 0 Å². The van der Waals surface area contributed by atoms with Crippen molar-refractivity contribution in [3.8, 4) is 0 Å². The second kappa shape index (κ2) is 10.8. The normalized spacial score (nSPS) is 14.3. The molecule has 1 aromatic carbocycles. The molecule has 2 N–H and O–H groups in total. The Morgan fingerprint density at radius 2 is 1.75 bits per heavy atom. The van der Waals surface area contributed by atoms with Gasteiger partial charge >= 0.3 is 0 Å². The molecule has 1 aliphatic rings. The summed E-state index contributed by atoms with van der Waals surface area (Å²) < 4.78 is 0. The maximum Gasteiger partial charge on any atom is 0.251 e. The molecule has 28 heavy (non-hydrogen) atoms. The fourth-order valence-electron chi connectivity index (χ4n) is 3.00. The monoisotopic (exact) mass is 495 g/mol. The van der Waals surface area contributed by atoms with Gasteiger partial charge in [-0.1, -0.05) is 12.1 Å². The molecule has 1 aromatic heterocycles. The van der Waals surface area contributed by atoms with E-state index in [1.807, 2.05) is 30.3 Å². The molecule has 2 heterocycles. The summed E-state index contributed by atoms with van der Waals surface area (Å²) in [5.41, 5.74) is 1.75. The number of hydrogen-bond donors (Lipinski definition) is 2. The average Bonchev–Trinajstić information content (AvgIpc) is 2.75. The van der Waals surface area contributed by atoms with E-state index in [4.69, 9.17) is 0 Å². The number of benzene rings is 1. The number of rotatable bonds is 4. The lowest BCUT2D eigenvalue weighted by Crippen LogP contribution is -2.52. The van der Waals surface area contributed by atoms with E-state index in [1.165, 1.54) is 0 Å². The number of aromatic nitrogens is 2. The van der Waals surface area contributed by atoms with Crippen LogP contribution in [0, 0.1) is 0 Å². The van der Waals surface area contributed by atoms with E-state index in [-0.39, 0.29) is 29.9 Å². The molecule has 3 rings (SSSR count). The molecule has 1 fully saturated rings. The number of carbonyl (C=O) groups is 1. The van der Waals surface area contributed by atoms with Gasteiger partial charge in [0.2, 0.25) is 5.95 Å². The van der Waals surface area contributed by atoms with Gasteiger partial charge < -0.3 is 20.4 Å². The van der Waals surface area contributed by atoms with E-state index in [1.54, 1.807) is 26.5 Å². The molecule has 9 heteroatoms. The van der Waals surface area contributed by atoms with Crippen molar-refractivity contribution in [1.82, 2.24) is 25.5 Å². The molecule has 0 aliphatic carbocycles. The number of amides is 1. The second-order valence-electron chi connectivity index (χ2n) is 6.20. The molecule has 8 nitrogen and oxygen atoms in total. The van der Waals surface area contributed by atoms with Gasteiger partial charge in [0.05, 0.1) is 0 Å². The summed E-state index contributed by atoms with van der Waals surface area (Å²) >= 11 is 0. The minimum absolute atomic E-state index is 0. The average molecular weight is 495 g/mol. The number of carbonyl (C=O) groups excluding carboxylic acids is 1. The van der Waals surface area contributed by atoms with E-state index >= 15 is 0 Å². The molecule has 0 unspecified atom stereocenters. The van der Waals surface area contributed by atoms with Crippen LogP contribution >= 0.6 is 24.0 Å². The second-order valence-corrected chi connectivity index (χ2v) is 6.20. The van der Waals surface area contributed by atoms with Gasteiger partial charge in [-0.05, 0) is 23.8 Å². The lowest BCUT2D eigenvalue weighted by molar-refractivity contribution is 0.0963. The number of guanidine groups is 1. The molecule has 0 bridgehead atoms. The predicted molar refractivity (Wildman–Crippen MR) is 121 cm³/mol.